The fraction of sp³-hybridized carbons (Fsp3) is 0.684. The third-order valence-electron chi connectivity index (χ3n) is 4.59. The Morgan fingerprint density at radius 2 is 2.05 bits per heavy atom. The highest BCUT2D eigenvalue weighted by Crippen LogP contribution is 2.39. The maximum atomic E-state index is 5.99. The van der Waals surface area contributed by atoms with Crippen molar-refractivity contribution >= 4 is 0 Å². The molecule has 3 atom stereocenters. The summed E-state index contributed by atoms with van der Waals surface area (Å²) in [5, 5.41) is 3.73. The molecular weight excluding hydrogens is 258 g/mol. The number of hydrogen-bond acceptors (Lipinski definition) is 2. The molecule has 0 radical (unpaired) electrons. The van der Waals surface area contributed by atoms with Crippen LogP contribution in [0.3, 0.4) is 0 Å². The first-order chi connectivity index (χ1) is 10.3. The zero-order valence-corrected chi connectivity index (χ0v) is 13.9. The molecular formula is C19H31NO. The second-order valence-corrected chi connectivity index (χ2v) is 6.45. The Hall–Kier alpha value is -1.02. The highest BCUT2D eigenvalue weighted by molar-refractivity contribution is 5.36. The van der Waals surface area contributed by atoms with Crippen molar-refractivity contribution < 1.29 is 4.74 Å². The van der Waals surface area contributed by atoms with Gasteiger partial charge in [0.05, 0.1) is 6.61 Å². The fourth-order valence-electron chi connectivity index (χ4n) is 3.62. The SMILES string of the molecule is CCCOc1ccccc1C(NCC)C1CCCC(C)C1. The Morgan fingerprint density at radius 1 is 1.24 bits per heavy atom. The lowest BCUT2D eigenvalue weighted by atomic mass is 9.76. The van der Waals surface area contributed by atoms with E-state index in [0.29, 0.717) is 6.04 Å². The lowest BCUT2D eigenvalue weighted by molar-refractivity contribution is 0.219. The van der Waals surface area contributed by atoms with Gasteiger partial charge < -0.3 is 10.1 Å². The zero-order chi connectivity index (χ0) is 15.1. The van der Waals surface area contributed by atoms with Gasteiger partial charge in [0.2, 0.25) is 0 Å². The Balaban J connectivity index is 2.20. The number of para-hydroxylation sites is 1. The molecule has 1 aromatic carbocycles. The van der Waals surface area contributed by atoms with E-state index < -0.39 is 0 Å². The molecule has 2 nitrogen and oxygen atoms in total. The van der Waals surface area contributed by atoms with E-state index in [1.807, 2.05) is 0 Å². The van der Waals surface area contributed by atoms with Crippen LogP contribution < -0.4 is 10.1 Å². The van der Waals surface area contributed by atoms with Gasteiger partial charge in [0.1, 0.15) is 5.75 Å². The predicted molar refractivity (Wildman–Crippen MR) is 89.8 cm³/mol. The van der Waals surface area contributed by atoms with Crippen LogP contribution in [-0.2, 0) is 0 Å². The summed E-state index contributed by atoms with van der Waals surface area (Å²) in [7, 11) is 0. The van der Waals surface area contributed by atoms with Gasteiger partial charge in [-0.25, -0.2) is 0 Å². The second-order valence-electron chi connectivity index (χ2n) is 6.45. The number of nitrogens with one attached hydrogen (secondary N) is 1. The molecule has 2 heteroatoms. The molecule has 118 valence electrons. The topological polar surface area (TPSA) is 21.3 Å². The summed E-state index contributed by atoms with van der Waals surface area (Å²) in [6, 6.07) is 9.04. The minimum Gasteiger partial charge on any atom is -0.493 e. The van der Waals surface area contributed by atoms with Crippen LogP contribution in [0.4, 0.5) is 0 Å². The van der Waals surface area contributed by atoms with Crippen LogP contribution in [0.15, 0.2) is 24.3 Å². The van der Waals surface area contributed by atoms with Crippen molar-refractivity contribution in [3.05, 3.63) is 29.8 Å². The first kappa shape index (κ1) is 16.4. The van der Waals surface area contributed by atoms with Crippen molar-refractivity contribution in [2.24, 2.45) is 11.8 Å². The molecule has 0 aromatic heterocycles. The zero-order valence-electron chi connectivity index (χ0n) is 13.9. The summed E-state index contributed by atoms with van der Waals surface area (Å²) in [4.78, 5) is 0. The molecule has 0 spiro atoms. The molecule has 1 fully saturated rings. The molecule has 0 heterocycles. The largest absolute Gasteiger partial charge is 0.493 e. The number of rotatable bonds is 7. The van der Waals surface area contributed by atoms with E-state index in [4.69, 9.17) is 4.74 Å². The first-order valence-corrected chi connectivity index (χ1v) is 8.71. The standard InChI is InChI=1S/C19H31NO/c1-4-13-21-18-12-7-6-11-17(18)19(20-5-2)16-10-8-9-15(3)14-16/h6-7,11-12,15-16,19-20H,4-5,8-10,13-14H2,1-3H3. The van der Waals surface area contributed by atoms with Gasteiger partial charge in [-0.15, -0.1) is 0 Å². The van der Waals surface area contributed by atoms with Gasteiger partial charge in [-0.2, -0.15) is 0 Å². The van der Waals surface area contributed by atoms with Gasteiger partial charge in [-0.1, -0.05) is 51.8 Å². The van der Waals surface area contributed by atoms with E-state index in [2.05, 4.69) is 50.4 Å². The summed E-state index contributed by atoms with van der Waals surface area (Å²) in [5.74, 6) is 2.66. The Kier molecular flexibility index (Phi) is 6.56. The lowest BCUT2D eigenvalue weighted by Crippen LogP contribution is -2.31. The van der Waals surface area contributed by atoms with E-state index in [0.717, 1.165) is 37.2 Å². The van der Waals surface area contributed by atoms with E-state index >= 15 is 0 Å². The van der Waals surface area contributed by atoms with Crippen LogP contribution in [0.2, 0.25) is 0 Å². The molecule has 21 heavy (non-hydrogen) atoms. The molecule has 1 aliphatic rings. The van der Waals surface area contributed by atoms with Gasteiger partial charge >= 0.3 is 0 Å². The molecule has 0 aliphatic heterocycles. The number of hydrogen-bond donors (Lipinski definition) is 1. The third kappa shape index (κ3) is 4.47. The van der Waals surface area contributed by atoms with Crippen LogP contribution in [0.25, 0.3) is 0 Å². The van der Waals surface area contributed by atoms with Gasteiger partial charge in [0.25, 0.3) is 0 Å². The van der Waals surface area contributed by atoms with Crippen LogP contribution in [0.5, 0.6) is 5.75 Å². The summed E-state index contributed by atoms with van der Waals surface area (Å²) >= 11 is 0. The van der Waals surface area contributed by atoms with Crippen LogP contribution in [0, 0.1) is 11.8 Å². The van der Waals surface area contributed by atoms with Crippen molar-refractivity contribution in [1.29, 1.82) is 0 Å². The molecule has 0 amide bonds. The smallest absolute Gasteiger partial charge is 0.124 e. The van der Waals surface area contributed by atoms with E-state index in [-0.39, 0.29) is 0 Å². The Labute approximate surface area is 130 Å². The number of benzene rings is 1. The van der Waals surface area contributed by atoms with Gasteiger partial charge in [0, 0.05) is 11.6 Å². The average molecular weight is 289 g/mol. The monoisotopic (exact) mass is 289 g/mol. The summed E-state index contributed by atoms with van der Waals surface area (Å²) < 4.78 is 5.99. The molecule has 1 aromatic rings. The normalized spacial score (nSPS) is 23.8. The average Bonchev–Trinajstić information content (AvgIpc) is 2.51. The molecule has 1 saturated carbocycles. The Bertz CT molecular complexity index is 418. The second kappa shape index (κ2) is 8.43. The molecule has 1 N–H and O–H groups in total. The van der Waals surface area contributed by atoms with E-state index in [1.165, 1.54) is 31.2 Å². The third-order valence-corrected chi connectivity index (χ3v) is 4.59. The molecule has 0 saturated heterocycles. The van der Waals surface area contributed by atoms with Crippen LogP contribution in [0.1, 0.15) is 64.5 Å². The first-order valence-electron chi connectivity index (χ1n) is 8.71. The van der Waals surface area contributed by atoms with Crippen molar-refractivity contribution in [3.63, 3.8) is 0 Å². The summed E-state index contributed by atoms with van der Waals surface area (Å²) in [6.45, 7) is 8.57. The number of ether oxygens (including phenoxy) is 1. The molecule has 1 aliphatic carbocycles. The van der Waals surface area contributed by atoms with Crippen molar-refractivity contribution in [1.82, 2.24) is 5.32 Å². The Morgan fingerprint density at radius 3 is 2.76 bits per heavy atom. The fourth-order valence-corrected chi connectivity index (χ4v) is 3.62. The van der Waals surface area contributed by atoms with Crippen molar-refractivity contribution in [2.45, 2.75) is 58.9 Å². The minimum absolute atomic E-state index is 0.436. The molecule has 3 unspecified atom stereocenters. The quantitative estimate of drug-likeness (QED) is 0.766. The lowest BCUT2D eigenvalue weighted by Gasteiger charge is -2.34. The van der Waals surface area contributed by atoms with Crippen LogP contribution >= 0.6 is 0 Å². The predicted octanol–water partition coefficient (Wildman–Crippen LogP) is 4.95. The van der Waals surface area contributed by atoms with Gasteiger partial charge in [-0.05, 0) is 43.7 Å². The maximum Gasteiger partial charge on any atom is 0.124 e. The minimum atomic E-state index is 0.436. The molecule has 2 rings (SSSR count). The highest BCUT2D eigenvalue weighted by atomic mass is 16.5. The van der Waals surface area contributed by atoms with Gasteiger partial charge in [0.15, 0.2) is 0 Å². The summed E-state index contributed by atoms with van der Waals surface area (Å²) in [5.41, 5.74) is 1.35. The van der Waals surface area contributed by atoms with Crippen molar-refractivity contribution in [2.75, 3.05) is 13.2 Å². The van der Waals surface area contributed by atoms with Crippen LogP contribution in [-0.4, -0.2) is 13.2 Å². The molecule has 0 bridgehead atoms. The highest BCUT2D eigenvalue weighted by Gasteiger charge is 2.28. The maximum absolute atomic E-state index is 5.99. The van der Waals surface area contributed by atoms with Gasteiger partial charge in [-0.3, -0.25) is 0 Å². The van der Waals surface area contributed by atoms with E-state index in [1.54, 1.807) is 0 Å². The van der Waals surface area contributed by atoms with Crippen molar-refractivity contribution in [3.8, 4) is 5.75 Å². The van der Waals surface area contributed by atoms with E-state index in [9.17, 15) is 0 Å². The summed E-state index contributed by atoms with van der Waals surface area (Å²) in [6.07, 6.45) is 6.49.